The van der Waals surface area contributed by atoms with Crippen molar-refractivity contribution in [2.45, 2.75) is 18.4 Å². The van der Waals surface area contributed by atoms with E-state index in [2.05, 4.69) is 26.2 Å². The maximum atomic E-state index is 14.0. The van der Waals surface area contributed by atoms with Crippen LogP contribution in [0.1, 0.15) is 11.3 Å². The monoisotopic (exact) mass is 403 g/mol. The molecule has 1 aromatic heterocycles. The van der Waals surface area contributed by atoms with E-state index < -0.39 is 16.6 Å². The van der Waals surface area contributed by atoms with Gasteiger partial charge in [0, 0.05) is 17.0 Å². The zero-order valence-corrected chi connectivity index (χ0v) is 14.6. The summed E-state index contributed by atoms with van der Waals surface area (Å²) in [6.45, 7) is 1.43. The van der Waals surface area contributed by atoms with E-state index in [1.165, 1.54) is 23.9 Å². The molecular weight excluding hydrogens is 392 g/mol. The van der Waals surface area contributed by atoms with Gasteiger partial charge in [0.1, 0.15) is 23.5 Å². The van der Waals surface area contributed by atoms with E-state index >= 15 is 0 Å². The fourth-order valence-electron chi connectivity index (χ4n) is 1.92. The summed E-state index contributed by atoms with van der Waals surface area (Å²) in [6, 6.07) is 2.46. The van der Waals surface area contributed by atoms with Crippen molar-refractivity contribution in [2.75, 3.05) is 11.6 Å². The van der Waals surface area contributed by atoms with Crippen LogP contribution in [-0.4, -0.2) is 16.2 Å². The van der Waals surface area contributed by atoms with Gasteiger partial charge in [0.15, 0.2) is 0 Å². The third kappa shape index (κ3) is 3.78. The molecular formula is C14H12BrF2N3O2S. The Morgan fingerprint density at radius 3 is 2.52 bits per heavy atom. The van der Waals surface area contributed by atoms with Crippen LogP contribution in [0.4, 0.5) is 20.2 Å². The molecule has 0 spiro atoms. The lowest BCUT2D eigenvalue weighted by atomic mass is 10.2. The molecule has 0 amide bonds. The summed E-state index contributed by atoms with van der Waals surface area (Å²) < 4.78 is 28.4. The Morgan fingerprint density at radius 2 is 2.00 bits per heavy atom. The number of nitro groups is 1. The number of hydrogen-bond donors (Lipinski definition) is 1. The molecule has 122 valence electrons. The molecule has 0 radical (unpaired) electrons. The Balaban J connectivity index is 2.35. The second-order valence-corrected chi connectivity index (χ2v) is 6.27. The number of benzene rings is 1. The van der Waals surface area contributed by atoms with Crippen molar-refractivity contribution in [3.63, 3.8) is 0 Å². The molecule has 9 heteroatoms. The highest BCUT2D eigenvalue weighted by atomic mass is 79.9. The van der Waals surface area contributed by atoms with E-state index in [-0.39, 0.29) is 23.5 Å². The first-order valence-electron chi connectivity index (χ1n) is 6.40. The number of pyridine rings is 1. The van der Waals surface area contributed by atoms with Crippen LogP contribution in [-0.2, 0) is 6.54 Å². The van der Waals surface area contributed by atoms with E-state index in [0.29, 0.717) is 15.1 Å². The average Bonchev–Trinajstić information content (AvgIpc) is 2.49. The van der Waals surface area contributed by atoms with Crippen LogP contribution in [0.5, 0.6) is 0 Å². The number of anilines is 1. The Morgan fingerprint density at radius 1 is 1.39 bits per heavy atom. The highest BCUT2D eigenvalue weighted by Gasteiger charge is 2.20. The van der Waals surface area contributed by atoms with Crippen molar-refractivity contribution in [1.82, 2.24) is 4.98 Å². The predicted octanol–water partition coefficient (Wildman–Crippen LogP) is 4.67. The van der Waals surface area contributed by atoms with Gasteiger partial charge < -0.3 is 5.32 Å². The van der Waals surface area contributed by atoms with E-state index in [4.69, 9.17) is 0 Å². The molecule has 2 rings (SSSR count). The highest BCUT2D eigenvalue weighted by Crippen LogP contribution is 2.34. The Hall–Kier alpha value is -1.74. The van der Waals surface area contributed by atoms with E-state index in [0.717, 1.165) is 6.20 Å². The van der Waals surface area contributed by atoms with Gasteiger partial charge in [0.2, 0.25) is 0 Å². The number of nitrogens with one attached hydrogen (secondary N) is 1. The molecule has 1 heterocycles. The van der Waals surface area contributed by atoms with Crippen molar-refractivity contribution < 1.29 is 13.7 Å². The molecule has 0 unspecified atom stereocenters. The minimum Gasteiger partial charge on any atom is -0.374 e. The minimum atomic E-state index is -0.702. The fourth-order valence-corrected chi connectivity index (χ4v) is 2.81. The minimum absolute atomic E-state index is 0.134. The first-order valence-corrected chi connectivity index (χ1v) is 8.42. The van der Waals surface area contributed by atoms with Crippen LogP contribution >= 0.6 is 27.7 Å². The Bertz CT molecular complexity index is 751. The number of rotatable bonds is 5. The van der Waals surface area contributed by atoms with Crippen molar-refractivity contribution in [1.29, 1.82) is 0 Å². The van der Waals surface area contributed by atoms with Gasteiger partial charge >= 0.3 is 5.69 Å². The number of halogens is 3. The molecule has 0 saturated heterocycles. The fraction of sp³-hybridized carbons (Fsp3) is 0.214. The van der Waals surface area contributed by atoms with Gasteiger partial charge in [-0.1, -0.05) is 0 Å². The molecule has 0 saturated carbocycles. The molecule has 1 N–H and O–H groups in total. The van der Waals surface area contributed by atoms with Crippen molar-refractivity contribution in [3.8, 4) is 0 Å². The summed E-state index contributed by atoms with van der Waals surface area (Å²) in [4.78, 5) is 14.8. The summed E-state index contributed by atoms with van der Waals surface area (Å²) in [6.07, 6.45) is 2.82. The van der Waals surface area contributed by atoms with E-state index in [9.17, 15) is 18.9 Å². The maximum absolute atomic E-state index is 14.0. The molecule has 0 atom stereocenters. The molecule has 0 aliphatic carbocycles. The first-order chi connectivity index (χ1) is 10.8. The van der Waals surface area contributed by atoms with Gasteiger partial charge in [-0.25, -0.2) is 8.78 Å². The predicted molar refractivity (Wildman–Crippen MR) is 88.8 cm³/mol. The third-order valence-corrected chi connectivity index (χ3v) is 4.84. The van der Waals surface area contributed by atoms with Gasteiger partial charge in [-0.05, 0) is 41.2 Å². The van der Waals surface area contributed by atoms with Gasteiger partial charge in [0.05, 0.1) is 15.1 Å². The lowest BCUT2D eigenvalue weighted by Crippen LogP contribution is -2.08. The highest BCUT2D eigenvalue weighted by molar-refractivity contribution is 9.10. The summed E-state index contributed by atoms with van der Waals surface area (Å²) in [5.74, 6) is -1.40. The topological polar surface area (TPSA) is 68.1 Å². The van der Waals surface area contributed by atoms with Gasteiger partial charge in [-0.3, -0.25) is 15.1 Å². The van der Waals surface area contributed by atoms with Crippen molar-refractivity contribution in [2.24, 2.45) is 0 Å². The zero-order valence-electron chi connectivity index (χ0n) is 12.2. The molecule has 0 aliphatic rings. The number of hydrogen-bond acceptors (Lipinski definition) is 5. The largest absolute Gasteiger partial charge is 0.374 e. The third-order valence-electron chi connectivity index (χ3n) is 3.16. The average molecular weight is 404 g/mol. The summed E-state index contributed by atoms with van der Waals surface area (Å²) in [5.41, 5.74) is 0.203. The van der Waals surface area contributed by atoms with Gasteiger partial charge in [-0.2, -0.15) is 0 Å². The van der Waals surface area contributed by atoms with Crippen LogP contribution in [0.3, 0.4) is 0 Å². The van der Waals surface area contributed by atoms with E-state index in [1.54, 1.807) is 13.2 Å². The molecule has 23 heavy (non-hydrogen) atoms. The summed E-state index contributed by atoms with van der Waals surface area (Å²) >= 11 is 4.44. The quantitative estimate of drug-likeness (QED) is 0.446. The summed E-state index contributed by atoms with van der Waals surface area (Å²) in [7, 11) is 0. The number of aromatic nitrogens is 1. The van der Waals surface area contributed by atoms with Crippen molar-refractivity contribution >= 4 is 39.1 Å². The van der Waals surface area contributed by atoms with Gasteiger partial charge in [-0.15, -0.1) is 11.8 Å². The standard InChI is InChI=1S/C14H12BrF2N3O2S/c1-7-13(15)14(12(6-18-7)20(21)22)19-5-9-10(16)3-8(23-2)4-11(9)17/h3-4,6H,5H2,1-2H3,(H,18,19). The zero-order chi connectivity index (χ0) is 17.1. The molecule has 1 aromatic carbocycles. The molecule has 0 bridgehead atoms. The van der Waals surface area contributed by atoms with E-state index in [1.807, 2.05) is 0 Å². The normalized spacial score (nSPS) is 10.7. The number of nitrogens with zero attached hydrogens (tertiary/aromatic N) is 2. The Labute approximate surface area is 143 Å². The maximum Gasteiger partial charge on any atom is 0.311 e. The smallest absolute Gasteiger partial charge is 0.311 e. The molecule has 0 fully saturated rings. The molecule has 5 nitrogen and oxygen atoms in total. The van der Waals surface area contributed by atoms with Crippen molar-refractivity contribution in [3.05, 3.63) is 55.8 Å². The van der Waals surface area contributed by atoms with Crippen LogP contribution in [0.25, 0.3) is 0 Å². The van der Waals surface area contributed by atoms with Crippen LogP contribution < -0.4 is 5.32 Å². The van der Waals surface area contributed by atoms with Crippen LogP contribution in [0.15, 0.2) is 27.7 Å². The lowest BCUT2D eigenvalue weighted by Gasteiger charge is -2.12. The molecule has 2 aromatic rings. The first kappa shape index (κ1) is 17.6. The van der Waals surface area contributed by atoms with Gasteiger partial charge in [0.25, 0.3) is 0 Å². The van der Waals surface area contributed by atoms with Crippen LogP contribution in [0.2, 0.25) is 0 Å². The second kappa shape index (κ2) is 7.22. The SMILES string of the molecule is CSc1cc(F)c(CNc2c([N+](=O)[O-])cnc(C)c2Br)c(F)c1. The second-order valence-electron chi connectivity index (χ2n) is 4.60. The number of aryl methyl sites for hydroxylation is 1. The summed E-state index contributed by atoms with van der Waals surface area (Å²) in [5, 5.41) is 13.8. The Kier molecular flexibility index (Phi) is 5.53. The molecule has 0 aliphatic heterocycles. The lowest BCUT2D eigenvalue weighted by molar-refractivity contribution is -0.384. The number of thioether (sulfide) groups is 1. The van der Waals surface area contributed by atoms with Crippen LogP contribution in [0, 0.1) is 28.7 Å².